The van der Waals surface area contributed by atoms with Crippen molar-refractivity contribution in [3.63, 3.8) is 0 Å². The predicted octanol–water partition coefficient (Wildman–Crippen LogP) is 4.02. The van der Waals surface area contributed by atoms with E-state index in [1.54, 1.807) is 12.1 Å². The highest BCUT2D eigenvalue weighted by molar-refractivity contribution is 5.92. The van der Waals surface area contributed by atoms with Crippen molar-refractivity contribution < 1.29 is 9.18 Å². The Morgan fingerprint density at radius 2 is 1.91 bits per heavy atom. The number of amides is 1. The van der Waals surface area contributed by atoms with E-state index in [-0.39, 0.29) is 24.3 Å². The van der Waals surface area contributed by atoms with Crippen molar-refractivity contribution in [1.82, 2.24) is 4.90 Å². The molecule has 0 saturated carbocycles. The van der Waals surface area contributed by atoms with Gasteiger partial charge in [0, 0.05) is 11.7 Å². The molecule has 2 aromatic rings. The van der Waals surface area contributed by atoms with Crippen LogP contribution in [0.1, 0.15) is 31.0 Å². The fraction of sp³-hybridized carbons (Fsp3) is 0.316. The Morgan fingerprint density at radius 3 is 2.57 bits per heavy atom. The van der Waals surface area contributed by atoms with Crippen LogP contribution in [0.2, 0.25) is 0 Å². The summed E-state index contributed by atoms with van der Waals surface area (Å²) in [5, 5.41) is 2.92. The lowest BCUT2D eigenvalue weighted by Crippen LogP contribution is -2.32. The van der Waals surface area contributed by atoms with Crippen LogP contribution in [-0.2, 0) is 11.2 Å². The molecule has 0 aliphatic carbocycles. The summed E-state index contributed by atoms with van der Waals surface area (Å²) >= 11 is 0. The van der Waals surface area contributed by atoms with Crippen LogP contribution in [0.25, 0.3) is 0 Å². The zero-order valence-corrected chi connectivity index (χ0v) is 13.8. The van der Waals surface area contributed by atoms with Gasteiger partial charge in [-0.2, -0.15) is 0 Å². The van der Waals surface area contributed by atoms with Crippen molar-refractivity contribution in [2.45, 2.75) is 26.3 Å². The van der Waals surface area contributed by atoms with Gasteiger partial charge in [-0.1, -0.05) is 31.2 Å². The summed E-state index contributed by atoms with van der Waals surface area (Å²) in [6.07, 6.45) is 0.936. The minimum absolute atomic E-state index is 0.0309. The van der Waals surface area contributed by atoms with Gasteiger partial charge in [0.1, 0.15) is 5.82 Å². The van der Waals surface area contributed by atoms with Gasteiger partial charge in [-0.15, -0.1) is 0 Å². The molecule has 2 rings (SSSR count). The number of nitrogens with zero attached hydrogens (tertiary/aromatic N) is 1. The lowest BCUT2D eigenvalue weighted by atomic mass is 10.1. The van der Waals surface area contributed by atoms with E-state index in [1.807, 2.05) is 43.1 Å². The van der Waals surface area contributed by atoms with E-state index in [2.05, 4.69) is 12.2 Å². The van der Waals surface area contributed by atoms with Crippen molar-refractivity contribution >= 4 is 11.6 Å². The SMILES string of the molecule is CCc1cccc(NC(=O)CN(C)[C@@H](C)c2ccc(F)cc2)c1. The molecule has 3 nitrogen and oxygen atoms in total. The molecule has 0 heterocycles. The van der Waals surface area contributed by atoms with Gasteiger partial charge in [0.25, 0.3) is 0 Å². The van der Waals surface area contributed by atoms with E-state index in [9.17, 15) is 9.18 Å². The van der Waals surface area contributed by atoms with Crippen molar-refractivity contribution in [1.29, 1.82) is 0 Å². The average molecular weight is 314 g/mol. The first-order valence-corrected chi connectivity index (χ1v) is 7.84. The first-order chi connectivity index (χ1) is 11.0. The highest BCUT2D eigenvalue weighted by Gasteiger charge is 2.15. The van der Waals surface area contributed by atoms with Crippen LogP contribution in [0.5, 0.6) is 0 Å². The third-order valence-electron chi connectivity index (χ3n) is 4.03. The van der Waals surface area contributed by atoms with Gasteiger partial charge in [0.2, 0.25) is 5.91 Å². The molecule has 23 heavy (non-hydrogen) atoms. The first kappa shape index (κ1) is 17.2. The van der Waals surface area contributed by atoms with E-state index < -0.39 is 0 Å². The van der Waals surface area contributed by atoms with Gasteiger partial charge >= 0.3 is 0 Å². The largest absolute Gasteiger partial charge is 0.325 e. The molecule has 0 aromatic heterocycles. The maximum atomic E-state index is 13.0. The van der Waals surface area contributed by atoms with Crippen LogP contribution in [0, 0.1) is 5.82 Å². The lowest BCUT2D eigenvalue weighted by molar-refractivity contribution is -0.117. The first-order valence-electron chi connectivity index (χ1n) is 7.84. The second-order valence-corrected chi connectivity index (χ2v) is 5.74. The van der Waals surface area contributed by atoms with Crippen LogP contribution < -0.4 is 5.32 Å². The molecule has 4 heteroatoms. The normalized spacial score (nSPS) is 12.2. The third-order valence-corrected chi connectivity index (χ3v) is 4.03. The summed E-state index contributed by atoms with van der Waals surface area (Å²) in [5.74, 6) is -0.313. The summed E-state index contributed by atoms with van der Waals surface area (Å²) in [6.45, 7) is 4.35. The lowest BCUT2D eigenvalue weighted by Gasteiger charge is -2.24. The standard InChI is InChI=1S/C19H23FN2O/c1-4-15-6-5-7-18(12-15)21-19(23)13-22(3)14(2)16-8-10-17(20)11-9-16/h5-12,14H,4,13H2,1-3H3,(H,21,23)/t14-/m0/s1. The number of likely N-dealkylation sites (N-methyl/N-ethyl adjacent to an activating group) is 1. The maximum absolute atomic E-state index is 13.0. The Bertz CT molecular complexity index is 655. The number of nitrogens with one attached hydrogen (secondary N) is 1. The highest BCUT2D eigenvalue weighted by Crippen LogP contribution is 2.19. The topological polar surface area (TPSA) is 32.3 Å². The molecule has 2 aromatic carbocycles. The van der Waals surface area contributed by atoms with Crippen LogP contribution >= 0.6 is 0 Å². The third kappa shape index (κ3) is 4.89. The minimum Gasteiger partial charge on any atom is -0.325 e. The van der Waals surface area contributed by atoms with E-state index in [4.69, 9.17) is 0 Å². The van der Waals surface area contributed by atoms with Gasteiger partial charge in [-0.3, -0.25) is 9.69 Å². The number of halogens is 1. The Hall–Kier alpha value is -2.20. The van der Waals surface area contributed by atoms with Gasteiger partial charge in [0.15, 0.2) is 0 Å². The number of anilines is 1. The highest BCUT2D eigenvalue weighted by atomic mass is 19.1. The number of hydrogen-bond donors (Lipinski definition) is 1. The fourth-order valence-corrected chi connectivity index (χ4v) is 2.43. The van der Waals surface area contributed by atoms with Gasteiger partial charge in [-0.25, -0.2) is 4.39 Å². The zero-order valence-electron chi connectivity index (χ0n) is 13.8. The number of benzene rings is 2. The average Bonchev–Trinajstić information content (AvgIpc) is 2.54. The number of carbonyl (C=O) groups excluding carboxylic acids is 1. The monoisotopic (exact) mass is 314 g/mol. The minimum atomic E-state index is -0.253. The van der Waals surface area contributed by atoms with Gasteiger partial charge in [0.05, 0.1) is 6.54 Å². The summed E-state index contributed by atoms with van der Waals surface area (Å²) in [4.78, 5) is 14.1. The molecule has 122 valence electrons. The van der Waals surface area contributed by atoms with E-state index in [0.717, 1.165) is 17.7 Å². The van der Waals surface area contributed by atoms with Crippen molar-refractivity contribution in [2.75, 3.05) is 18.9 Å². The molecule has 0 radical (unpaired) electrons. The van der Waals surface area contributed by atoms with Crippen LogP contribution in [0.15, 0.2) is 48.5 Å². The molecule has 1 N–H and O–H groups in total. The number of rotatable bonds is 6. The van der Waals surface area contributed by atoms with Gasteiger partial charge < -0.3 is 5.32 Å². The zero-order chi connectivity index (χ0) is 16.8. The molecular weight excluding hydrogens is 291 g/mol. The molecule has 0 unspecified atom stereocenters. The second-order valence-electron chi connectivity index (χ2n) is 5.74. The summed E-state index contributed by atoms with van der Waals surface area (Å²) < 4.78 is 13.0. The van der Waals surface area contributed by atoms with Crippen molar-refractivity contribution in [3.8, 4) is 0 Å². The predicted molar refractivity (Wildman–Crippen MR) is 91.9 cm³/mol. The van der Waals surface area contributed by atoms with Crippen LogP contribution in [0.4, 0.5) is 10.1 Å². The van der Waals surface area contributed by atoms with Crippen LogP contribution in [0.3, 0.4) is 0 Å². The van der Waals surface area contributed by atoms with Crippen LogP contribution in [-0.4, -0.2) is 24.4 Å². The molecule has 0 bridgehead atoms. The quantitative estimate of drug-likeness (QED) is 0.873. The van der Waals surface area contributed by atoms with Crippen molar-refractivity contribution in [2.24, 2.45) is 0 Å². The van der Waals surface area contributed by atoms with E-state index in [1.165, 1.54) is 17.7 Å². The summed E-state index contributed by atoms with van der Waals surface area (Å²) in [5.41, 5.74) is 2.99. The Kier molecular flexibility index (Phi) is 5.88. The molecule has 0 fully saturated rings. The summed E-state index contributed by atoms with van der Waals surface area (Å²) in [7, 11) is 1.88. The number of carbonyl (C=O) groups is 1. The summed E-state index contributed by atoms with van der Waals surface area (Å²) in [6, 6.07) is 14.3. The smallest absolute Gasteiger partial charge is 0.238 e. The fourth-order valence-electron chi connectivity index (χ4n) is 2.43. The molecular formula is C19H23FN2O. The number of aryl methyl sites for hydroxylation is 1. The van der Waals surface area contributed by atoms with E-state index >= 15 is 0 Å². The Balaban J connectivity index is 1.94. The van der Waals surface area contributed by atoms with Gasteiger partial charge in [-0.05, 0) is 55.8 Å². The molecule has 0 aliphatic rings. The van der Waals surface area contributed by atoms with E-state index in [0.29, 0.717) is 0 Å². The Morgan fingerprint density at radius 1 is 1.22 bits per heavy atom. The molecule has 0 aliphatic heterocycles. The molecule has 0 saturated heterocycles. The second kappa shape index (κ2) is 7.88. The molecule has 1 amide bonds. The van der Waals surface area contributed by atoms with Crippen molar-refractivity contribution in [3.05, 3.63) is 65.5 Å². The Labute approximate surface area is 137 Å². The maximum Gasteiger partial charge on any atom is 0.238 e. The molecule has 1 atom stereocenters. The molecule has 0 spiro atoms. The number of hydrogen-bond acceptors (Lipinski definition) is 2.